The second-order valence-electron chi connectivity index (χ2n) is 11.6. The predicted octanol–water partition coefficient (Wildman–Crippen LogP) is 8.04. The van der Waals surface area contributed by atoms with Crippen LogP contribution in [0.4, 0.5) is 5.69 Å². The molecular formula is C34H55N5O2. The number of anilines is 1. The second-order valence-corrected chi connectivity index (χ2v) is 11.6. The highest BCUT2D eigenvalue weighted by Crippen LogP contribution is 2.30. The lowest BCUT2D eigenvalue weighted by atomic mass is 9.96. The third-order valence-electron chi connectivity index (χ3n) is 7.43. The van der Waals surface area contributed by atoms with E-state index in [2.05, 4.69) is 77.7 Å². The number of rotatable bonds is 17. The number of carbonyl (C=O) groups is 1. The summed E-state index contributed by atoms with van der Waals surface area (Å²) in [4.78, 5) is 25.7. The predicted molar refractivity (Wildman–Crippen MR) is 173 cm³/mol. The molecular weight excluding hydrogens is 510 g/mol. The Balaban J connectivity index is 2.16. The number of aromatic nitrogens is 1. The molecule has 228 valence electrons. The molecule has 0 fully saturated rings. The highest BCUT2D eigenvalue weighted by molar-refractivity contribution is 5.98. The van der Waals surface area contributed by atoms with Gasteiger partial charge in [-0.3, -0.25) is 14.8 Å². The van der Waals surface area contributed by atoms with Crippen molar-refractivity contribution < 1.29 is 9.53 Å². The van der Waals surface area contributed by atoms with Crippen LogP contribution in [0.5, 0.6) is 0 Å². The fraction of sp³-hybridized carbons (Fsp3) is 0.647. The van der Waals surface area contributed by atoms with Gasteiger partial charge in [-0.25, -0.2) is 0 Å². The van der Waals surface area contributed by atoms with E-state index in [0.717, 1.165) is 98.8 Å². The Kier molecular flexibility index (Phi) is 14.8. The van der Waals surface area contributed by atoms with E-state index in [0.29, 0.717) is 11.6 Å². The Bertz CT molecular complexity index is 1090. The van der Waals surface area contributed by atoms with Gasteiger partial charge in [0.25, 0.3) is 0 Å². The van der Waals surface area contributed by atoms with Gasteiger partial charge in [0.05, 0.1) is 5.71 Å². The molecule has 1 aliphatic heterocycles. The van der Waals surface area contributed by atoms with Gasteiger partial charge in [-0.15, -0.1) is 0 Å². The summed E-state index contributed by atoms with van der Waals surface area (Å²) in [6, 6.07) is 2.07. The van der Waals surface area contributed by atoms with E-state index in [-0.39, 0.29) is 24.3 Å². The topological polar surface area (TPSA) is 90.7 Å². The van der Waals surface area contributed by atoms with Crippen molar-refractivity contribution in [3.05, 3.63) is 47.0 Å². The van der Waals surface area contributed by atoms with E-state index < -0.39 is 0 Å². The van der Waals surface area contributed by atoms with Gasteiger partial charge in [0.15, 0.2) is 11.6 Å². The molecule has 0 bridgehead atoms. The maximum absolute atomic E-state index is 13.6. The summed E-state index contributed by atoms with van der Waals surface area (Å²) in [7, 11) is 0. The first kappa shape index (κ1) is 34.2. The maximum Gasteiger partial charge on any atom is 0.227 e. The molecule has 1 aromatic heterocycles. The van der Waals surface area contributed by atoms with Crippen molar-refractivity contribution in [1.82, 2.24) is 9.88 Å². The average molecular weight is 566 g/mol. The zero-order valence-corrected chi connectivity index (χ0v) is 27.0. The summed E-state index contributed by atoms with van der Waals surface area (Å²) in [5, 5.41) is 11.5. The Morgan fingerprint density at radius 3 is 2.49 bits per heavy atom. The van der Waals surface area contributed by atoms with Gasteiger partial charge >= 0.3 is 0 Å². The largest absolute Gasteiger partial charge is 0.484 e. The van der Waals surface area contributed by atoms with E-state index in [1.54, 1.807) is 0 Å². The van der Waals surface area contributed by atoms with Crippen LogP contribution in [-0.2, 0) is 16.0 Å². The number of amidine groups is 1. The SMILES string of the molecule is CCCC=CC(=N)COC1=CCCN=C1N(CCC)CCC(CC)C(=O)Nc1cc(C(C)C)nc(C(C)C)c1CC. The Morgan fingerprint density at radius 1 is 1.12 bits per heavy atom. The fourth-order valence-electron chi connectivity index (χ4n) is 5.04. The van der Waals surface area contributed by atoms with Crippen LogP contribution >= 0.6 is 0 Å². The fourth-order valence-corrected chi connectivity index (χ4v) is 5.04. The van der Waals surface area contributed by atoms with Crippen molar-refractivity contribution in [3.8, 4) is 0 Å². The van der Waals surface area contributed by atoms with Crippen LogP contribution in [-0.4, -0.2) is 53.6 Å². The van der Waals surface area contributed by atoms with E-state index in [9.17, 15) is 4.79 Å². The van der Waals surface area contributed by atoms with E-state index in [4.69, 9.17) is 20.1 Å². The van der Waals surface area contributed by atoms with Gasteiger partial charge < -0.3 is 20.4 Å². The molecule has 7 heteroatoms. The van der Waals surface area contributed by atoms with Crippen LogP contribution in [0.1, 0.15) is 123 Å². The molecule has 0 aliphatic carbocycles. The molecule has 1 aromatic rings. The maximum atomic E-state index is 13.6. The number of hydrogen-bond acceptors (Lipinski definition) is 6. The summed E-state index contributed by atoms with van der Waals surface area (Å²) in [6.07, 6.45) is 12.1. The monoisotopic (exact) mass is 565 g/mol. The van der Waals surface area contributed by atoms with Crippen molar-refractivity contribution in [1.29, 1.82) is 5.41 Å². The highest BCUT2D eigenvalue weighted by atomic mass is 16.5. The molecule has 2 rings (SSSR count). The number of ether oxygens (including phenoxy) is 1. The number of nitrogens with one attached hydrogen (secondary N) is 2. The molecule has 0 saturated carbocycles. The summed E-state index contributed by atoms with van der Waals surface area (Å²) in [6.45, 7) is 19.7. The van der Waals surface area contributed by atoms with Crippen LogP contribution in [0, 0.1) is 11.3 Å². The molecule has 0 spiro atoms. The number of allylic oxidation sites excluding steroid dienone is 1. The average Bonchev–Trinajstić information content (AvgIpc) is 2.95. The number of unbranched alkanes of at least 4 members (excludes halogenated alkanes) is 1. The first-order valence-corrected chi connectivity index (χ1v) is 15.9. The van der Waals surface area contributed by atoms with Crippen LogP contribution in [0.2, 0.25) is 0 Å². The van der Waals surface area contributed by atoms with Gasteiger partial charge in [-0.05, 0) is 74.1 Å². The second kappa shape index (κ2) is 17.8. The lowest BCUT2D eigenvalue weighted by Crippen LogP contribution is -2.38. The van der Waals surface area contributed by atoms with Gasteiger partial charge in [0.2, 0.25) is 5.91 Å². The minimum Gasteiger partial charge on any atom is -0.484 e. The molecule has 1 aliphatic rings. The van der Waals surface area contributed by atoms with Gasteiger partial charge in [-0.2, -0.15) is 0 Å². The molecule has 1 unspecified atom stereocenters. The Morgan fingerprint density at radius 2 is 1.88 bits per heavy atom. The molecule has 0 radical (unpaired) electrons. The molecule has 0 saturated heterocycles. The third-order valence-corrected chi connectivity index (χ3v) is 7.43. The van der Waals surface area contributed by atoms with Crippen molar-refractivity contribution >= 4 is 23.1 Å². The van der Waals surface area contributed by atoms with Gasteiger partial charge in [-0.1, -0.05) is 67.9 Å². The van der Waals surface area contributed by atoms with Crippen LogP contribution in [0.3, 0.4) is 0 Å². The van der Waals surface area contributed by atoms with Gasteiger partial charge in [0.1, 0.15) is 6.61 Å². The molecule has 0 aromatic carbocycles. The number of dihydropyridines is 1. The Hall–Kier alpha value is -2.96. The summed E-state index contributed by atoms with van der Waals surface area (Å²) in [5.74, 6) is 2.13. The van der Waals surface area contributed by atoms with Crippen molar-refractivity contribution in [3.63, 3.8) is 0 Å². The van der Waals surface area contributed by atoms with E-state index >= 15 is 0 Å². The lowest BCUT2D eigenvalue weighted by molar-refractivity contribution is -0.120. The number of nitrogens with zero attached hydrogens (tertiary/aromatic N) is 3. The van der Waals surface area contributed by atoms with Crippen molar-refractivity contribution in [2.75, 3.05) is 31.6 Å². The third kappa shape index (κ3) is 10.4. The molecule has 1 atom stereocenters. The summed E-state index contributed by atoms with van der Waals surface area (Å²) >= 11 is 0. The molecule has 2 N–H and O–H groups in total. The lowest BCUT2D eigenvalue weighted by Gasteiger charge is -2.30. The zero-order chi connectivity index (χ0) is 30.4. The van der Waals surface area contributed by atoms with Crippen LogP contribution < -0.4 is 5.32 Å². The minimum atomic E-state index is -0.119. The Labute approximate surface area is 249 Å². The molecule has 41 heavy (non-hydrogen) atoms. The number of pyridine rings is 1. The van der Waals surface area contributed by atoms with E-state index in [1.807, 2.05) is 12.2 Å². The first-order chi connectivity index (χ1) is 19.7. The van der Waals surface area contributed by atoms with E-state index in [1.165, 1.54) is 0 Å². The van der Waals surface area contributed by atoms with Crippen molar-refractivity contribution in [2.24, 2.45) is 10.9 Å². The minimum absolute atomic E-state index is 0.0687. The quantitative estimate of drug-likeness (QED) is 0.187. The highest BCUT2D eigenvalue weighted by Gasteiger charge is 2.24. The van der Waals surface area contributed by atoms with Crippen molar-refractivity contribution in [2.45, 2.75) is 112 Å². The normalized spacial score (nSPS) is 14.3. The summed E-state index contributed by atoms with van der Waals surface area (Å²) < 4.78 is 6.09. The van der Waals surface area contributed by atoms with Crippen LogP contribution in [0.25, 0.3) is 0 Å². The smallest absolute Gasteiger partial charge is 0.227 e. The molecule has 1 amide bonds. The molecule has 7 nitrogen and oxygen atoms in total. The van der Waals surface area contributed by atoms with Crippen LogP contribution in [0.15, 0.2) is 35.0 Å². The number of carbonyl (C=O) groups excluding carboxylic acids is 1. The standard InChI is InChI=1S/C34H55N5O2/c1-9-13-14-16-27(35)23-41-31-17-15-19-36-33(31)39(20-10-2)21-18-26(11-3)34(40)38-30-22-29(24(5)6)37-32(25(7)8)28(30)12-4/h14,16-17,22,24-26,35H,9-13,15,18-21,23H2,1-8H3,(H,37,38,40). The number of hydrogen-bond donors (Lipinski definition) is 2. The first-order valence-electron chi connectivity index (χ1n) is 15.9. The molecule has 2 heterocycles. The summed E-state index contributed by atoms with van der Waals surface area (Å²) in [5.41, 5.74) is 4.61. The number of amides is 1. The van der Waals surface area contributed by atoms with Gasteiger partial charge in [0, 0.05) is 42.6 Å². The zero-order valence-electron chi connectivity index (χ0n) is 27.0. The number of aliphatic imine (C=N–C) groups is 1.